The van der Waals surface area contributed by atoms with Gasteiger partial charge < -0.3 is 10.1 Å². The molecular formula is C15H17ClN2O3. The van der Waals surface area contributed by atoms with E-state index in [0.717, 1.165) is 12.8 Å². The van der Waals surface area contributed by atoms with Crippen molar-refractivity contribution in [1.29, 1.82) is 0 Å². The van der Waals surface area contributed by atoms with Crippen molar-refractivity contribution in [3.63, 3.8) is 0 Å². The van der Waals surface area contributed by atoms with Crippen LogP contribution < -0.4 is 5.32 Å². The van der Waals surface area contributed by atoms with Crippen LogP contribution in [0.1, 0.15) is 26.2 Å². The zero-order valence-corrected chi connectivity index (χ0v) is 12.5. The summed E-state index contributed by atoms with van der Waals surface area (Å²) in [7, 11) is 0. The second kappa shape index (κ2) is 7.22. The Labute approximate surface area is 128 Å². The first-order chi connectivity index (χ1) is 10.1. The third-order valence-corrected chi connectivity index (χ3v) is 3.54. The Morgan fingerprint density at radius 2 is 2.38 bits per heavy atom. The minimum Gasteiger partial charge on any atom is -0.453 e. The minimum atomic E-state index is -0.876. The molecular weight excluding hydrogens is 292 g/mol. The molecule has 6 heteroatoms. The second-order valence-corrected chi connectivity index (χ2v) is 5.29. The van der Waals surface area contributed by atoms with Gasteiger partial charge in [0.25, 0.3) is 5.91 Å². The maximum Gasteiger partial charge on any atom is 0.307 e. The Morgan fingerprint density at radius 3 is 3.05 bits per heavy atom. The number of rotatable bonds is 5. The molecule has 0 radical (unpaired) electrons. The molecule has 0 saturated heterocycles. The SMILES string of the molecule is C[C@@H](OC(=O)C[C@@H]1C=CCC1)C(=O)Nc1cccnc1Cl. The summed E-state index contributed by atoms with van der Waals surface area (Å²) in [6, 6.07) is 3.29. The Balaban J connectivity index is 1.83. The number of hydrogen-bond donors (Lipinski definition) is 1. The van der Waals surface area contributed by atoms with Gasteiger partial charge in [0, 0.05) is 6.20 Å². The molecule has 1 aliphatic carbocycles. The first-order valence-electron chi connectivity index (χ1n) is 6.84. The molecule has 2 atom stereocenters. The predicted molar refractivity (Wildman–Crippen MR) is 79.9 cm³/mol. The highest BCUT2D eigenvalue weighted by Gasteiger charge is 2.21. The summed E-state index contributed by atoms with van der Waals surface area (Å²) in [5, 5.41) is 2.78. The zero-order valence-electron chi connectivity index (χ0n) is 11.7. The molecule has 5 nitrogen and oxygen atoms in total. The lowest BCUT2D eigenvalue weighted by atomic mass is 10.1. The average Bonchev–Trinajstić information content (AvgIpc) is 2.93. The number of carbonyl (C=O) groups is 2. The van der Waals surface area contributed by atoms with E-state index in [0.29, 0.717) is 12.1 Å². The van der Waals surface area contributed by atoms with Gasteiger partial charge in [-0.25, -0.2) is 4.98 Å². The molecule has 0 aliphatic heterocycles. The maximum absolute atomic E-state index is 11.9. The van der Waals surface area contributed by atoms with Crippen LogP contribution in [0.3, 0.4) is 0 Å². The summed E-state index contributed by atoms with van der Waals surface area (Å²) in [5.74, 6) is -0.577. The molecule has 1 aromatic rings. The van der Waals surface area contributed by atoms with E-state index in [1.165, 1.54) is 13.1 Å². The van der Waals surface area contributed by atoms with Crippen molar-refractivity contribution in [2.45, 2.75) is 32.3 Å². The van der Waals surface area contributed by atoms with Crippen molar-refractivity contribution in [2.75, 3.05) is 5.32 Å². The molecule has 0 fully saturated rings. The third kappa shape index (κ3) is 4.56. The highest BCUT2D eigenvalue weighted by molar-refractivity contribution is 6.32. The molecule has 112 valence electrons. The predicted octanol–water partition coefficient (Wildman–Crippen LogP) is 2.96. The van der Waals surface area contributed by atoms with Crippen LogP contribution in [0.25, 0.3) is 0 Å². The number of amides is 1. The second-order valence-electron chi connectivity index (χ2n) is 4.93. The van der Waals surface area contributed by atoms with Gasteiger partial charge in [0.1, 0.15) is 0 Å². The quantitative estimate of drug-likeness (QED) is 0.516. The molecule has 0 spiro atoms. The van der Waals surface area contributed by atoms with E-state index in [1.54, 1.807) is 12.1 Å². The van der Waals surface area contributed by atoms with Crippen LogP contribution in [-0.4, -0.2) is 23.0 Å². The van der Waals surface area contributed by atoms with E-state index < -0.39 is 12.0 Å². The fourth-order valence-electron chi connectivity index (χ4n) is 2.09. The molecule has 2 rings (SSSR count). The van der Waals surface area contributed by atoms with Crippen molar-refractivity contribution in [1.82, 2.24) is 4.98 Å². The zero-order chi connectivity index (χ0) is 15.2. The van der Waals surface area contributed by atoms with Crippen molar-refractivity contribution in [3.8, 4) is 0 Å². The Bertz CT molecular complexity index is 560. The number of aromatic nitrogens is 1. The largest absolute Gasteiger partial charge is 0.453 e. The summed E-state index contributed by atoms with van der Waals surface area (Å²) >= 11 is 5.85. The number of esters is 1. The number of anilines is 1. The van der Waals surface area contributed by atoms with Crippen LogP contribution in [0, 0.1) is 5.92 Å². The number of ether oxygens (including phenoxy) is 1. The summed E-state index contributed by atoms with van der Waals surface area (Å²) in [6.07, 6.45) is 6.98. The lowest BCUT2D eigenvalue weighted by Crippen LogP contribution is -2.30. The van der Waals surface area contributed by atoms with Gasteiger partial charge in [-0.2, -0.15) is 0 Å². The van der Waals surface area contributed by atoms with Gasteiger partial charge in [-0.3, -0.25) is 9.59 Å². The van der Waals surface area contributed by atoms with Crippen LogP contribution in [-0.2, 0) is 14.3 Å². The molecule has 0 unspecified atom stereocenters. The fraction of sp³-hybridized carbons (Fsp3) is 0.400. The van der Waals surface area contributed by atoms with Crippen LogP contribution in [0.4, 0.5) is 5.69 Å². The highest BCUT2D eigenvalue weighted by atomic mass is 35.5. The van der Waals surface area contributed by atoms with E-state index in [-0.39, 0.29) is 17.0 Å². The van der Waals surface area contributed by atoms with Crippen molar-refractivity contribution < 1.29 is 14.3 Å². The van der Waals surface area contributed by atoms with Gasteiger partial charge in [-0.05, 0) is 37.8 Å². The van der Waals surface area contributed by atoms with Gasteiger partial charge in [-0.15, -0.1) is 0 Å². The van der Waals surface area contributed by atoms with E-state index in [2.05, 4.69) is 16.4 Å². The van der Waals surface area contributed by atoms with Crippen LogP contribution >= 0.6 is 11.6 Å². The van der Waals surface area contributed by atoms with Crippen LogP contribution in [0.15, 0.2) is 30.5 Å². The Kier molecular flexibility index (Phi) is 5.33. The number of carbonyl (C=O) groups excluding carboxylic acids is 2. The molecule has 21 heavy (non-hydrogen) atoms. The fourth-order valence-corrected chi connectivity index (χ4v) is 2.26. The standard InChI is InChI=1S/C15H17ClN2O3/c1-10(21-13(19)9-11-5-2-3-6-11)15(20)18-12-7-4-8-17-14(12)16/h2,4-5,7-8,10-11H,3,6,9H2,1H3,(H,18,20)/t10-,11-/m1/s1. The van der Waals surface area contributed by atoms with Crippen molar-refractivity contribution in [3.05, 3.63) is 35.6 Å². The normalized spacial score (nSPS) is 18.3. The summed E-state index contributed by atoms with van der Waals surface area (Å²) in [6.45, 7) is 1.53. The lowest BCUT2D eigenvalue weighted by Gasteiger charge is -2.15. The number of pyridine rings is 1. The lowest BCUT2D eigenvalue weighted by molar-refractivity contribution is -0.153. The summed E-state index contributed by atoms with van der Waals surface area (Å²) < 4.78 is 5.14. The third-order valence-electron chi connectivity index (χ3n) is 3.24. The smallest absolute Gasteiger partial charge is 0.307 e. The van der Waals surface area contributed by atoms with Gasteiger partial charge in [0.2, 0.25) is 0 Å². The van der Waals surface area contributed by atoms with Gasteiger partial charge in [0.05, 0.1) is 12.1 Å². The first-order valence-corrected chi connectivity index (χ1v) is 7.21. The number of hydrogen-bond acceptors (Lipinski definition) is 4. The summed E-state index contributed by atoms with van der Waals surface area (Å²) in [5.41, 5.74) is 0.394. The topological polar surface area (TPSA) is 68.3 Å². The van der Waals surface area contributed by atoms with Gasteiger partial charge in [0.15, 0.2) is 11.3 Å². The molecule has 0 aromatic carbocycles. The van der Waals surface area contributed by atoms with Crippen LogP contribution in [0.5, 0.6) is 0 Å². The van der Waals surface area contributed by atoms with Crippen LogP contribution in [0.2, 0.25) is 5.15 Å². The number of nitrogens with one attached hydrogen (secondary N) is 1. The molecule has 1 heterocycles. The number of nitrogens with zero attached hydrogens (tertiary/aromatic N) is 1. The molecule has 1 aromatic heterocycles. The molecule has 1 aliphatic rings. The minimum absolute atomic E-state index is 0.195. The van der Waals surface area contributed by atoms with E-state index >= 15 is 0 Å². The summed E-state index contributed by atoms with van der Waals surface area (Å²) in [4.78, 5) is 27.6. The first kappa shape index (κ1) is 15.5. The Hall–Kier alpha value is -1.88. The molecule has 0 bridgehead atoms. The van der Waals surface area contributed by atoms with Crippen molar-refractivity contribution in [2.24, 2.45) is 5.92 Å². The van der Waals surface area contributed by atoms with Gasteiger partial charge >= 0.3 is 5.97 Å². The van der Waals surface area contributed by atoms with Gasteiger partial charge in [-0.1, -0.05) is 23.8 Å². The van der Waals surface area contributed by atoms with Crippen molar-refractivity contribution >= 4 is 29.2 Å². The number of allylic oxidation sites excluding steroid dienone is 2. The van der Waals surface area contributed by atoms with E-state index in [9.17, 15) is 9.59 Å². The van der Waals surface area contributed by atoms with E-state index in [1.807, 2.05) is 6.08 Å². The average molecular weight is 309 g/mol. The highest BCUT2D eigenvalue weighted by Crippen LogP contribution is 2.21. The maximum atomic E-state index is 11.9. The molecule has 1 amide bonds. The van der Waals surface area contributed by atoms with E-state index in [4.69, 9.17) is 16.3 Å². The monoisotopic (exact) mass is 308 g/mol. The molecule has 0 saturated carbocycles. The number of halogens is 1. The Morgan fingerprint density at radius 1 is 1.57 bits per heavy atom. The molecule has 1 N–H and O–H groups in total.